The molecule has 3 heteroatoms. The van der Waals surface area contributed by atoms with Crippen molar-refractivity contribution in [1.29, 1.82) is 0 Å². The van der Waals surface area contributed by atoms with Gasteiger partial charge in [-0.05, 0) is 49.5 Å². The molecule has 94 valence electrons. The number of likely N-dealkylation sites (N-methyl/N-ethyl adjacent to an activating group) is 1. The van der Waals surface area contributed by atoms with Gasteiger partial charge in [0.25, 0.3) is 0 Å². The summed E-state index contributed by atoms with van der Waals surface area (Å²) in [5.41, 5.74) is 3.01. The van der Waals surface area contributed by atoms with Crippen molar-refractivity contribution >= 4 is 17.1 Å². The summed E-state index contributed by atoms with van der Waals surface area (Å²) >= 11 is 1.52. The number of thiophene rings is 1. The van der Waals surface area contributed by atoms with E-state index >= 15 is 0 Å². The van der Waals surface area contributed by atoms with Crippen molar-refractivity contribution in [1.82, 2.24) is 5.32 Å². The second-order valence-electron chi connectivity index (χ2n) is 4.27. The summed E-state index contributed by atoms with van der Waals surface area (Å²) in [4.78, 5) is 13.4. The van der Waals surface area contributed by atoms with Crippen molar-refractivity contribution in [2.75, 3.05) is 13.6 Å². The second kappa shape index (κ2) is 5.94. The maximum Gasteiger partial charge on any atom is 0.203 e. The van der Waals surface area contributed by atoms with E-state index in [9.17, 15) is 4.79 Å². The lowest BCUT2D eigenvalue weighted by atomic mass is 9.99. The minimum Gasteiger partial charge on any atom is -0.319 e. The Balaban J connectivity index is 2.33. The number of carbonyl (C=O) groups is 1. The van der Waals surface area contributed by atoms with E-state index in [1.165, 1.54) is 11.3 Å². The van der Waals surface area contributed by atoms with Crippen LogP contribution in [0.3, 0.4) is 0 Å². The number of hydrogen-bond donors (Lipinski definition) is 1. The number of nitrogens with one attached hydrogen (secondary N) is 1. The van der Waals surface area contributed by atoms with Crippen LogP contribution < -0.4 is 5.32 Å². The molecule has 0 fully saturated rings. The number of rotatable bonds is 5. The molecule has 0 spiro atoms. The molecule has 0 aliphatic heterocycles. The SMILES string of the molecule is CNCCc1ccccc1C(=O)c1sccc1C. The monoisotopic (exact) mass is 259 g/mol. The molecule has 2 nitrogen and oxygen atoms in total. The number of hydrogen-bond acceptors (Lipinski definition) is 3. The molecule has 1 aromatic heterocycles. The Kier molecular flexibility index (Phi) is 4.28. The fourth-order valence-electron chi connectivity index (χ4n) is 1.95. The zero-order valence-corrected chi connectivity index (χ0v) is 11.5. The Bertz CT molecular complexity index is 545. The lowest BCUT2D eigenvalue weighted by molar-refractivity contribution is 0.104. The highest BCUT2D eigenvalue weighted by atomic mass is 32.1. The molecule has 0 atom stereocenters. The Morgan fingerprint density at radius 1 is 1.28 bits per heavy atom. The van der Waals surface area contributed by atoms with Crippen LogP contribution in [0, 0.1) is 6.92 Å². The van der Waals surface area contributed by atoms with Crippen LogP contribution in [0.1, 0.15) is 26.4 Å². The smallest absolute Gasteiger partial charge is 0.203 e. The topological polar surface area (TPSA) is 29.1 Å². The van der Waals surface area contributed by atoms with Crippen LogP contribution in [0.25, 0.3) is 0 Å². The second-order valence-corrected chi connectivity index (χ2v) is 5.19. The molecule has 0 amide bonds. The van der Waals surface area contributed by atoms with Crippen LogP contribution in [-0.2, 0) is 6.42 Å². The van der Waals surface area contributed by atoms with Gasteiger partial charge in [0, 0.05) is 5.56 Å². The van der Waals surface area contributed by atoms with Crippen molar-refractivity contribution in [3.63, 3.8) is 0 Å². The summed E-state index contributed by atoms with van der Waals surface area (Å²) in [5.74, 6) is 0.147. The van der Waals surface area contributed by atoms with Gasteiger partial charge >= 0.3 is 0 Å². The average Bonchev–Trinajstić information content (AvgIpc) is 2.82. The summed E-state index contributed by atoms with van der Waals surface area (Å²) in [6.45, 7) is 2.87. The van der Waals surface area contributed by atoms with Crippen molar-refractivity contribution in [2.45, 2.75) is 13.3 Å². The average molecular weight is 259 g/mol. The standard InChI is InChI=1S/C15H17NOS/c1-11-8-10-18-15(11)14(17)13-6-4-3-5-12(13)7-9-16-2/h3-6,8,10,16H,7,9H2,1-2H3. The first-order valence-electron chi connectivity index (χ1n) is 6.05. The predicted molar refractivity (Wildman–Crippen MR) is 76.6 cm³/mol. The third-order valence-corrected chi connectivity index (χ3v) is 3.99. The van der Waals surface area contributed by atoms with Crippen molar-refractivity contribution in [2.24, 2.45) is 0 Å². The van der Waals surface area contributed by atoms with E-state index in [4.69, 9.17) is 0 Å². The van der Waals surface area contributed by atoms with Crippen LogP contribution in [0.4, 0.5) is 0 Å². The van der Waals surface area contributed by atoms with E-state index in [-0.39, 0.29) is 5.78 Å². The summed E-state index contributed by atoms with van der Waals surface area (Å²) in [7, 11) is 1.92. The van der Waals surface area contributed by atoms with Gasteiger partial charge in [-0.1, -0.05) is 24.3 Å². The lowest BCUT2D eigenvalue weighted by Crippen LogP contribution is -2.13. The molecule has 0 radical (unpaired) electrons. The normalized spacial score (nSPS) is 10.6. The molecular weight excluding hydrogens is 242 g/mol. The molecule has 18 heavy (non-hydrogen) atoms. The highest BCUT2D eigenvalue weighted by Gasteiger charge is 2.15. The molecule has 1 aromatic carbocycles. The van der Waals surface area contributed by atoms with Gasteiger partial charge in [-0.2, -0.15) is 0 Å². The molecule has 0 bridgehead atoms. The zero-order chi connectivity index (χ0) is 13.0. The van der Waals surface area contributed by atoms with Gasteiger partial charge in [0.15, 0.2) is 0 Å². The van der Waals surface area contributed by atoms with Crippen LogP contribution in [0.2, 0.25) is 0 Å². The molecule has 0 unspecified atom stereocenters. The van der Waals surface area contributed by atoms with Gasteiger partial charge in [0.05, 0.1) is 4.88 Å². The van der Waals surface area contributed by atoms with E-state index in [0.717, 1.165) is 34.5 Å². The number of benzene rings is 1. The molecule has 0 aliphatic carbocycles. The summed E-state index contributed by atoms with van der Waals surface area (Å²) in [6, 6.07) is 9.87. The highest BCUT2D eigenvalue weighted by Crippen LogP contribution is 2.22. The third-order valence-electron chi connectivity index (χ3n) is 2.97. The fraction of sp³-hybridized carbons (Fsp3) is 0.267. The maximum absolute atomic E-state index is 12.5. The number of carbonyl (C=O) groups excluding carboxylic acids is 1. The quantitative estimate of drug-likeness (QED) is 0.836. The highest BCUT2D eigenvalue weighted by molar-refractivity contribution is 7.12. The molecule has 2 aromatic rings. The molecule has 1 heterocycles. The Hall–Kier alpha value is -1.45. The predicted octanol–water partition coefficient (Wildman–Crippen LogP) is 3.05. The van der Waals surface area contributed by atoms with E-state index < -0.39 is 0 Å². The summed E-state index contributed by atoms with van der Waals surface area (Å²) in [5, 5.41) is 5.09. The van der Waals surface area contributed by atoms with Gasteiger partial charge in [-0.3, -0.25) is 4.79 Å². The maximum atomic E-state index is 12.5. The molecule has 0 saturated carbocycles. The molecule has 1 N–H and O–H groups in total. The largest absolute Gasteiger partial charge is 0.319 e. The van der Waals surface area contributed by atoms with Gasteiger partial charge in [-0.25, -0.2) is 0 Å². The third kappa shape index (κ3) is 2.68. The Morgan fingerprint density at radius 2 is 2.06 bits per heavy atom. The number of aryl methyl sites for hydroxylation is 1. The lowest BCUT2D eigenvalue weighted by Gasteiger charge is -2.08. The van der Waals surface area contributed by atoms with Gasteiger partial charge < -0.3 is 5.32 Å². The van der Waals surface area contributed by atoms with E-state index in [0.29, 0.717) is 0 Å². The van der Waals surface area contributed by atoms with Crippen LogP contribution in [0.5, 0.6) is 0 Å². The fourth-order valence-corrected chi connectivity index (χ4v) is 2.83. The first kappa shape index (κ1) is 13.0. The molecule has 2 rings (SSSR count). The van der Waals surface area contributed by atoms with Crippen molar-refractivity contribution < 1.29 is 4.79 Å². The summed E-state index contributed by atoms with van der Waals surface area (Å²) in [6.07, 6.45) is 0.878. The minimum absolute atomic E-state index is 0.147. The van der Waals surface area contributed by atoms with Crippen molar-refractivity contribution in [3.05, 3.63) is 57.3 Å². The first-order valence-corrected chi connectivity index (χ1v) is 6.93. The first-order chi connectivity index (χ1) is 8.74. The molecule has 0 saturated heterocycles. The van der Waals surface area contributed by atoms with Gasteiger partial charge in [0.2, 0.25) is 5.78 Å². The van der Waals surface area contributed by atoms with Gasteiger partial charge in [-0.15, -0.1) is 11.3 Å². The van der Waals surface area contributed by atoms with Crippen LogP contribution in [0.15, 0.2) is 35.7 Å². The van der Waals surface area contributed by atoms with E-state index in [1.54, 1.807) is 0 Å². The molecular formula is C15H17NOS. The van der Waals surface area contributed by atoms with E-state index in [2.05, 4.69) is 5.32 Å². The number of ketones is 1. The molecule has 0 aliphatic rings. The Labute approximate surface area is 112 Å². The Morgan fingerprint density at radius 3 is 2.72 bits per heavy atom. The minimum atomic E-state index is 0.147. The van der Waals surface area contributed by atoms with E-state index in [1.807, 2.05) is 49.7 Å². The van der Waals surface area contributed by atoms with Crippen molar-refractivity contribution in [3.8, 4) is 0 Å². The zero-order valence-electron chi connectivity index (χ0n) is 10.7. The van der Waals surface area contributed by atoms with Crippen LogP contribution in [-0.4, -0.2) is 19.4 Å². The summed E-state index contributed by atoms with van der Waals surface area (Å²) < 4.78 is 0. The van der Waals surface area contributed by atoms with Crippen LogP contribution >= 0.6 is 11.3 Å². The van der Waals surface area contributed by atoms with Gasteiger partial charge in [0.1, 0.15) is 0 Å².